The van der Waals surface area contributed by atoms with Crippen molar-refractivity contribution in [2.45, 2.75) is 152 Å². The van der Waals surface area contributed by atoms with Crippen LogP contribution >= 0.6 is 7.82 Å². The molecule has 0 amide bonds. The summed E-state index contributed by atoms with van der Waals surface area (Å²) in [5.74, 6) is 0.170. The van der Waals surface area contributed by atoms with E-state index in [4.69, 9.17) is 34.3 Å². The Bertz CT molecular complexity index is 1840. The van der Waals surface area contributed by atoms with Crippen LogP contribution in [-0.2, 0) is 34.4 Å². The second-order valence-electron chi connectivity index (χ2n) is 15.1. The average molecular weight is 812 g/mol. The molecule has 7 atom stereocenters. The topological polar surface area (TPSA) is 241 Å². The predicted molar refractivity (Wildman–Crippen MR) is 209 cm³/mol. The van der Waals surface area contributed by atoms with Crippen LogP contribution in [0.15, 0.2) is 36.8 Å². The van der Waals surface area contributed by atoms with Gasteiger partial charge >= 0.3 is 7.82 Å². The number of unbranched alkanes of at least 4 members (excludes halogenated alkanes) is 15. The van der Waals surface area contributed by atoms with Crippen LogP contribution in [0.2, 0.25) is 0 Å². The van der Waals surface area contributed by atoms with E-state index in [1.807, 2.05) is 12.1 Å². The van der Waals surface area contributed by atoms with Gasteiger partial charge in [0.1, 0.15) is 48.0 Å². The highest BCUT2D eigenvalue weighted by Gasteiger charge is 2.90. The van der Waals surface area contributed by atoms with Crippen molar-refractivity contribution in [3.8, 4) is 12.1 Å². The summed E-state index contributed by atoms with van der Waals surface area (Å²) in [6.07, 6.45) is 17.4. The van der Waals surface area contributed by atoms with E-state index in [2.05, 4.69) is 22.0 Å². The number of rotatable bonds is 28. The largest absolute Gasteiger partial charge is 0.472 e. The van der Waals surface area contributed by atoms with Crippen LogP contribution in [0.4, 0.5) is 5.82 Å². The van der Waals surface area contributed by atoms with Gasteiger partial charge < -0.3 is 35.1 Å². The summed E-state index contributed by atoms with van der Waals surface area (Å²) in [5, 5.41) is 45.8. The molecule has 2 fully saturated rings. The van der Waals surface area contributed by atoms with E-state index in [0.29, 0.717) is 17.7 Å². The lowest BCUT2D eigenvalue weighted by Gasteiger charge is -2.24. The van der Waals surface area contributed by atoms with Gasteiger partial charge in [0, 0.05) is 12.8 Å². The van der Waals surface area contributed by atoms with Crippen LogP contribution in [0.5, 0.6) is 0 Å². The number of anilines is 1. The fraction of sp³-hybridized carbons (Fsp3) is 0.675. The van der Waals surface area contributed by atoms with Gasteiger partial charge in [-0.25, -0.2) is 19.0 Å². The number of fused-ring (bicyclic) bond motifs is 2. The van der Waals surface area contributed by atoms with Crippen LogP contribution in [0.25, 0.3) is 5.52 Å². The highest BCUT2D eigenvalue weighted by atomic mass is 31.2. The minimum Gasteiger partial charge on any atom is -0.387 e. The lowest BCUT2D eigenvalue weighted by Crippen LogP contribution is -2.35. The Labute approximate surface area is 334 Å². The lowest BCUT2D eigenvalue weighted by atomic mass is 10.0. The molecule has 1 saturated carbocycles. The zero-order chi connectivity index (χ0) is 40.7. The van der Waals surface area contributed by atoms with E-state index < -0.39 is 50.0 Å². The first-order valence-corrected chi connectivity index (χ1v) is 21.9. The SMILES string of the molecule is CCCCCCCCCCCCCCCCCCOCC(COP(=O)(O)OC1C2(C#N)OC(c3ccc4c(N)ncnn34)C(O)C12O)OCc1ccc(C#N)nc1. The summed E-state index contributed by atoms with van der Waals surface area (Å²) >= 11 is 0. The first-order chi connectivity index (χ1) is 27.6. The fourth-order valence-corrected chi connectivity index (χ4v) is 8.42. The standard InChI is InChI=1S/C40H58N7O9P/c1-2-3-4-5-6-7-8-9-10-11-12-13-14-15-16-17-22-52-26-32(53-25-30-18-19-31(23-41)44-24-30)27-54-57(50,51)56-38-39(28-42)40(38,49)36(48)35(55-39)33-20-21-34-37(43)45-29-46-47(33)34/h18-21,24,29,32,35-36,38,48-49H,2-17,22,25-27H2,1H3,(H,50,51)(H2,43,45,46). The maximum Gasteiger partial charge on any atom is 0.472 e. The summed E-state index contributed by atoms with van der Waals surface area (Å²) in [7, 11) is -4.96. The molecule has 312 valence electrons. The average Bonchev–Trinajstić information content (AvgIpc) is 3.44. The molecule has 0 radical (unpaired) electrons. The number of hydrogen-bond acceptors (Lipinski definition) is 14. The van der Waals surface area contributed by atoms with Crippen molar-refractivity contribution in [3.05, 3.63) is 53.7 Å². The summed E-state index contributed by atoms with van der Waals surface area (Å²) in [6.45, 7) is 2.38. The van der Waals surface area contributed by atoms with Crippen molar-refractivity contribution >= 4 is 19.2 Å². The van der Waals surface area contributed by atoms with Crippen molar-refractivity contribution in [2.75, 3.05) is 25.6 Å². The van der Waals surface area contributed by atoms with Gasteiger partial charge in [-0.15, -0.1) is 0 Å². The summed E-state index contributed by atoms with van der Waals surface area (Å²) in [5.41, 5.74) is 2.99. The zero-order valence-electron chi connectivity index (χ0n) is 32.9. The zero-order valence-corrected chi connectivity index (χ0v) is 33.8. The summed E-state index contributed by atoms with van der Waals surface area (Å²) in [4.78, 5) is 18.7. The molecule has 0 bridgehead atoms. The number of aromatic nitrogens is 4. The number of phosphoric ester groups is 1. The minimum absolute atomic E-state index is 0.0425. The van der Waals surface area contributed by atoms with Crippen molar-refractivity contribution in [1.82, 2.24) is 19.6 Å². The molecule has 3 aromatic heterocycles. The number of phosphoric acid groups is 1. The molecule has 16 nitrogen and oxygen atoms in total. The fourth-order valence-electron chi connectivity index (χ4n) is 7.43. The van der Waals surface area contributed by atoms with Crippen LogP contribution in [0.1, 0.15) is 133 Å². The first kappa shape index (κ1) is 44.6. The van der Waals surface area contributed by atoms with Crippen molar-refractivity contribution in [3.63, 3.8) is 0 Å². The molecule has 17 heteroatoms. The molecule has 0 spiro atoms. The van der Waals surface area contributed by atoms with Gasteiger partial charge in [-0.05, 0) is 30.2 Å². The molecule has 57 heavy (non-hydrogen) atoms. The number of nitrogens with two attached hydrogens (primary N) is 1. The maximum atomic E-state index is 13.2. The molecule has 5 N–H and O–H groups in total. The quantitative estimate of drug-likeness (QED) is 0.0459. The molecule has 0 aromatic carbocycles. The minimum atomic E-state index is -4.96. The molecule has 5 rings (SSSR count). The van der Waals surface area contributed by atoms with Gasteiger partial charge in [0.15, 0.2) is 17.5 Å². The van der Waals surface area contributed by atoms with E-state index in [-0.39, 0.29) is 30.4 Å². The normalized spacial score (nSPS) is 24.1. The molecule has 3 aromatic rings. The number of nitriles is 2. The lowest BCUT2D eigenvalue weighted by molar-refractivity contribution is -0.0795. The number of nitrogens with zero attached hydrogens (tertiary/aromatic N) is 6. The van der Waals surface area contributed by atoms with E-state index in [1.165, 1.54) is 101 Å². The van der Waals surface area contributed by atoms with E-state index >= 15 is 0 Å². The van der Waals surface area contributed by atoms with Crippen LogP contribution in [0, 0.1) is 22.7 Å². The number of hydrogen-bond donors (Lipinski definition) is 4. The predicted octanol–water partition coefficient (Wildman–Crippen LogP) is 6.38. The second kappa shape index (κ2) is 21.5. The Balaban J connectivity index is 1.04. The monoisotopic (exact) mass is 811 g/mol. The Kier molecular flexibility index (Phi) is 16.8. The van der Waals surface area contributed by atoms with Gasteiger partial charge in [-0.2, -0.15) is 15.6 Å². The highest BCUT2D eigenvalue weighted by molar-refractivity contribution is 7.47. The Morgan fingerprint density at radius 1 is 0.947 bits per heavy atom. The number of aliphatic hydroxyl groups is 2. The molecule has 2 aliphatic rings. The summed E-state index contributed by atoms with van der Waals surface area (Å²) in [6, 6.07) is 10.2. The van der Waals surface area contributed by atoms with Crippen molar-refractivity contribution < 1.29 is 42.9 Å². The van der Waals surface area contributed by atoms with E-state index in [1.54, 1.807) is 24.3 Å². The number of pyridine rings is 1. The molecule has 1 saturated heterocycles. The van der Waals surface area contributed by atoms with Gasteiger partial charge in [0.25, 0.3) is 0 Å². The first-order valence-electron chi connectivity index (χ1n) is 20.4. The molecular weight excluding hydrogens is 753 g/mol. The molecule has 1 aliphatic carbocycles. The highest BCUT2D eigenvalue weighted by Crippen LogP contribution is 2.68. The van der Waals surface area contributed by atoms with Crippen molar-refractivity contribution in [2.24, 2.45) is 0 Å². The number of nitrogen functional groups attached to an aromatic ring is 1. The molecular formula is C40H58N7O9P. The van der Waals surface area contributed by atoms with E-state index in [9.17, 15) is 24.9 Å². The van der Waals surface area contributed by atoms with Gasteiger partial charge in [0.2, 0.25) is 5.60 Å². The Morgan fingerprint density at radius 2 is 1.60 bits per heavy atom. The number of ether oxygens (including phenoxy) is 3. The third-order valence-electron chi connectivity index (χ3n) is 10.8. The van der Waals surface area contributed by atoms with Gasteiger partial charge in [-0.3, -0.25) is 9.05 Å². The Hall–Kier alpha value is -3.54. The van der Waals surface area contributed by atoms with Gasteiger partial charge in [-0.1, -0.05) is 109 Å². The van der Waals surface area contributed by atoms with E-state index in [0.717, 1.165) is 19.3 Å². The Morgan fingerprint density at radius 3 is 2.18 bits per heavy atom. The molecule has 1 aliphatic heterocycles. The third-order valence-corrected chi connectivity index (χ3v) is 11.8. The smallest absolute Gasteiger partial charge is 0.387 e. The third kappa shape index (κ3) is 11.4. The maximum absolute atomic E-state index is 13.2. The second-order valence-corrected chi connectivity index (χ2v) is 16.5. The number of aliphatic hydroxyl groups excluding tert-OH is 1. The van der Waals surface area contributed by atoms with Crippen molar-refractivity contribution in [1.29, 1.82) is 10.5 Å². The van der Waals surface area contributed by atoms with Crippen LogP contribution in [-0.4, -0.2) is 84.0 Å². The molecule has 4 heterocycles. The van der Waals surface area contributed by atoms with Gasteiger partial charge in [0.05, 0.1) is 25.5 Å². The molecule has 7 unspecified atom stereocenters. The summed E-state index contributed by atoms with van der Waals surface area (Å²) < 4.78 is 42.8. The van der Waals surface area contributed by atoms with Crippen LogP contribution in [0.3, 0.4) is 0 Å². The van der Waals surface area contributed by atoms with Crippen LogP contribution < -0.4 is 5.73 Å².